The molecular formula is C56H85F2N7O14S. The van der Waals surface area contributed by atoms with E-state index in [1.165, 1.54) is 0 Å². The van der Waals surface area contributed by atoms with Gasteiger partial charge in [-0.05, 0) is 53.3 Å². The van der Waals surface area contributed by atoms with Crippen LogP contribution < -0.4 is 16.4 Å². The average molecular weight is 1150 g/mol. The summed E-state index contributed by atoms with van der Waals surface area (Å²) in [7, 11) is 0. The number of imidazole rings is 1. The van der Waals surface area contributed by atoms with E-state index in [4.69, 9.17) is 48.6 Å². The Bertz CT molecular complexity index is 2310. The molecule has 3 aromatic rings. The summed E-state index contributed by atoms with van der Waals surface area (Å²) in [5.74, 6) is -2.46. The molecule has 1 aromatic heterocycles. The highest BCUT2D eigenvalue weighted by molar-refractivity contribution is 7.92. The van der Waals surface area contributed by atoms with E-state index in [1.54, 1.807) is 24.9 Å². The molecule has 0 bridgehead atoms. The zero-order valence-corrected chi connectivity index (χ0v) is 48.1. The lowest BCUT2D eigenvalue weighted by Crippen LogP contribution is -2.46. The van der Waals surface area contributed by atoms with Crippen LogP contribution in [0.1, 0.15) is 77.7 Å². The van der Waals surface area contributed by atoms with E-state index < -0.39 is 39.7 Å². The van der Waals surface area contributed by atoms with Gasteiger partial charge in [-0.25, -0.2) is 13.8 Å². The number of benzene rings is 2. The van der Waals surface area contributed by atoms with Crippen LogP contribution in [-0.4, -0.2) is 203 Å². The van der Waals surface area contributed by atoms with Crippen molar-refractivity contribution < 1.29 is 75.2 Å². The summed E-state index contributed by atoms with van der Waals surface area (Å²) in [6, 6.07) is 12.1. The molecule has 1 fully saturated rings. The van der Waals surface area contributed by atoms with Crippen LogP contribution in [0.3, 0.4) is 0 Å². The van der Waals surface area contributed by atoms with Crippen molar-refractivity contribution in [2.75, 3.05) is 150 Å². The first-order valence-corrected chi connectivity index (χ1v) is 28.8. The molecule has 2 aromatic carbocycles. The molecule has 0 spiro atoms. The van der Waals surface area contributed by atoms with E-state index >= 15 is 4.39 Å². The average Bonchev–Trinajstić information content (AvgIpc) is 3.93. The number of nitrogens with one attached hydrogen (secondary N) is 2. The molecular weight excluding hydrogens is 1060 g/mol. The van der Waals surface area contributed by atoms with Crippen molar-refractivity contribution >= 4 is 40.7 Å². The molecule has 0 radical (unpaired) electrons. The highest BCUT2D eigenvalue weighted by atomic mass is 32.2. The second kappa shape index (κ2) is 37.2. The van der Waals surface area contributed by atoms with Gasteiger partial charge in [0.2, 0.25) is 23.6 Å². The van der Waals surface area contributed by atoms with Crippen LogP contribution in [0.2, 0.25) is 0 Å². The van der Waals surface area contributed by atoms with E-state index in [1.807, 2.05) is 55.7 Å². The van der Waals surface area contributed by atoms with Crippen molar-refractivity contribution in [3.63, 3.8) is 0 Å². The SMILES string of the molecule is CC1(C)CC(=O)N(CCC(=O)NCCOCCOCCOCCOCCOCCOCCOCCOCCC(=O)NCC[S+]([O-])CC(=O)N(CCCN)C(c2nc(-c3cc(F)ccc3F)cn2Cc2ccccc2)C(C)(C)C)C1=O. The number of rotatable bonds is 43. The number of likely N-dealkylation sites (tertiary alicyclic amines) is 1. The first-order valence-electron chi connectivity index (χ1n) is 27.3. The summed E-state index contributed by atoms with van der Waals surface area (Å²) >= 11 is -1.63. The molecule has 2 atom stereocenters. The van der Waals surface area contributed by atoms with Gasteiger partial charge < -0.3 is 68.3 Å². The zero-order chi connectivity index (χ0) is 58.2. The summed E-state index contributed by atoms with van der Waals surface area (Å²) in [5.41, 5.74) is 5.74. The molecule has 80 heavy (non-hydrogen) atoms. The van der Waals surface area contributed by atoms with Gasteiger partial charge in [-0.2, -0.15) is 0 Å². The lowest BCUT2D eigenvalue weighted by molar-refractivity contribution is -0.141. The standard InChI is InChI=1S/C56H85F2N7O14S/c1-55(2,3)52(53-62-47(45-38-44(57)12-13-46(45)58)41-63(53)40-43-10-7-6-8-11-43)64(19-9-16-59)51(69)42-80(71)37-18-61-49(67)15-21-72-23-25-74-27-29-76-31-33-78-35-36-79-34-32-77-30-28-75-26-24-73-22-17-60-48(66)14-20-65-50(68)39-56(4,5)54(65)70/h6-8,10-13,38,41,52H,9,14-37,39-40,42,59H2,1-5H3,(H,60,66)(H,61,67). The number of aromatic nitrogens is 2. The zero-order valence-electron chi connectivity index (χ0n) is 47.3. The normalized spacial score (nSPS) is 14.2. The predicted octanol–water partition coefficient (Wildman–Crippen LogP) is 3.82. The highest BCUT2D eigenvalue weighted by Gasteiger charge is 2.44. The van der Waals surface area contributed by atoms with Gasteiger partial charge in [0, 0.05) is 57.2 Å². The number of imide groups is 1. The summed E-state index contributed by atoms with van der Waals surface area (Å²) in [6.07, 6.45) is 2.43. The molecule has 1 aliphatic heterocycles. The Balaban J connectivity index is 0.957. The van der Waals surface area contributed by atoms with Crippen LogP contribution >= 0.6 is 0 Å². The van der Waals surface area contributed by atoms with Gasteiger partial charge in [-0.15, -0.1) is 0 Å². The van der Waals surface area contributed by atoms with E-state index in [0.717, 1.165) is 28.7 Å². The molecule has 1 aliphatic rings. The highest BCUT2D eigenvalue weighted by Crippen LogP contribution is 2.40. The predicted molar refractivity (Wildman–Crippen MR) is 296 cm³/mol. The second-order valence-electron chi connectivity index (χ2n) is 20.5. The number of hydrogen-bond acceptors (Lipinski definition) is 16. The molecule has 4 N–H and O–H groups in total. The largest absolute Gasteiger partial charge is 0.616 e. The number of nitrogens with two attached hydrogens (primary N) is 1. The summed E-state index contributed by atoms with van der Waals surface area (Å²) in [5, 5.41) is 5.46. The number of amides is 5. The summed E-state index contributed by atoms with van der Waals surface area (Å²) in [4.78, 5) is 70.6. The third kappa shape index (κ3) is 25.4. The van der Waals surface area contributed by atoms with Gasteiger partial charge in [-0.1, -0.05) is 65.0 Å². The number of nitrogens with zero attached hydrogens (tertiary/aromatic N) is 4. The van der Waals surface area contributed by atoms with E-state index in [9.17, 15) is 32.9 Å². The minimum absolute atomic E-state index is 0.00911. The minimum atomic E-state index is -1.63. The molecule has 2 heterocycles. The lowest BCUT2D eigenvalue weighted by atomic mass is 9.84. The Morgan fingerprint density at radius 3 is 1.81 bits per heavy atom. The van der Waals surface area contributed by atoms with Crippen molar-refractivity contribution in [2.24, 2.45) is 16.6 Å². The smallest absolute Gasteiger partial charge is 0.273 e. The Labute approximate surface area is 472 Å². The Morgan fingerprint density at radius 2 is 1.29 bits per heavy atom. The third-order valence-corrected chi connectivity index (χ3v) is 13.6. The van der Waals surface area contributed by atoms with Crippen LogP contribution in [-0.2, 0) is 79.6 Å². The molecule has 0 saturated carbocycles. The van der Waals surface area contributed by atoms with Gasteiger partial charge in [0.05, 0.1) is 129 Å². The first-order chi connectivity index (χ1) is 38.4. The molecule has 24 heteroatoms. The van der Waals surface area contributed by atoms with Crippen LogP contribution in [0, 0.1) is 22.5 Å². The molecule has 1 saturated heterocycles. The second-order valence-corrected chi connectivity index (χ2v) is 22.1. The lowest BCUT2D eigenvalue weighted by Gasteiger charge is -2.40. The van der Waals surface area contributed by atoms with Crippen molar-refractivity contribution in [2.45, 2.75) is 72.9 Å². The maximum Gasteiger partial charge on any atom is 0.273 e. The number of hydrogen-bond donors (Lipinski definition) is 3. The number of halogens is 2. The van der Waals surface area contributed by atoms with Crippen LogP contribution in [0.5, 0.6) is 0 Å². The van der Waals surface area contributed by atoms with Crippen molar-refractivity contribution in [1.82, 2.24) is 30.0 Å². The minimum Gasteiger partial charge on any atom is -0.616 e. The monoisotopic (exact) mass is 1150 g/mol. The molecule has 21 nitrogen and oxygen atoms in total. The van der Waals surface area contributed by atoms with Crippen LogP contribution in [0.15, 0.2) is 54.7 Å². The van der Waals surface area contributed by atoms with Crippen molar-refractivity contribution in [3.8, 4) is 11.3 Å². The summed E-state index contributed by atoms with van der Waals surface area (Å²) < 4.78 is 88.6. The van der Waals surface area contributed by atoms with E-state index in [0.29, 0.717) is 124 Å². The maximum atomic E-state index is 15.1. The topological polar surface area (TPSA) is 257 Å². The fourth-order valence-electron chi connectivity index (χ4n) is 8.34. The van der Waals surface area contributed by atoms with E-state index in [-0.39, 0.29) is 104 Å². The molecule has 448 valence electrons. The van der Waals surface area contributed by atoms with Crippen LogP contribution in [0.4, 0.5) is 8.78 Å². The Morgan fingerprint density at radius 1 is 0.762 bits per heavy atom. The molecule has 4 rings (SSSR count). The third-order valence-electron chi connectivity index (χ3n) is 12.4. The van der Waals surface area contributed by atoms with Gasteiger partial charge in [0.1, 0.15) is 23.2 Å². The quantitative estimate of drug-likeness (QED) is 0.0414. The van der Waals surface area contributed by atoms with Gasteiger partial charge in [0.15, 0.2) is 5.75 Å². The fourth-order valence-corrected chi connectivity index (χ4v) is 9.26. The van der Waals surface area contributed by atoms with Crippen LogP contribution in [0.25, 0.3) is 11.3 Å². The summed E-state index contributed by atoms with van der Waals surface area (Å²) in [6.45, 7) is 16.5. The number of carbonyl (C=O) groups is 5. The molecule has 2 unspecified atom stereocenters. The fraction of sp³-hybridized carbons (Fsp3) is 0.643. The van der Waals surface area contributed by atoms with Gasteiger partial charge >= 0.3 is 0 Å². The Kier molecular flexibility index (Phi) is 31.4. The van der Waals surface area contributed by atoms with Crippen molar-refractivity contribution in [1.29, 1.82) is 0 Å². The van der Waals surface area contributed by atoms with E-state index in [2.05, 4.69) is 10.6 Å². The number of ether oxygens (including phenoxy) is 8. The molecule has 5 amide bonds. The first kappa shape index (κ1) is 67.5. The number of carbonyl (C=O) groups excluding carboxylic acids is 5. The van der Waals surface area contributed by atoms with Gasteiger partial charge in [-0.3, -0.25) is 28.9 Å². The van der Waals surface area contributed by atoms with Crippen molar-refractivity contribution in [3.05, 3.63) is 77.8 Å². The Hall–Kier alpha value is -4.99. The molecule has 0 aliphatic carbocycles. The maximum absolute atomic E-state index is 15.1. The van der Waals surface area contributed by atoms with Gasteiger partial charge in [0.25, 0.3) is 5.91 Å².